The summed E-state index contributed by atoms with van der Waals surface area (Å²) in [5.74, 6) is 0. The monoisotopic (exact) mass is 261 g/mol. The van der Waals surface area contributed by atoms with Crippen LogP contribution < -0.4 is 0 Å². The summed E-state index contributed by atoms with van der Waals surface area (Å²) in [7, 11) is 0. The lowest BCUT2D eigenvalue weighted by molar-refractivity contribution is 0.981. The lowest BCUT2D eigenvalue weighted by Gasteiger charge is -2.04. The molecule has 0 amide bonds. The number of benzene rings is 1. The Hall–Kier alpha value is -2.55. The van der Waals surface area contributed by atoms with Gasteiger partial charge in [0.2, 0.25) is 0 Å². The largest absolute Gasteiger partial charge is 0.254 e. The predicted octanol–water partition coefficient (Wildman–Crippen LogP) is 3.82. The molecule has 2 aromatic heterocycles. The first-order chi connectivity index (χ1) is 9.72. The van der Waals surface area contributed by atoms with E-state index in [-0.39, 0.29) is 0 Å². The Kier molecular flexibility index (Phi) is 3.25. The molecule has 20 heavy (non-hydrogen) atoms. The zero-order chi connectivity index (χ0) is 13.9. The highest BCUT2D eigenvalue weighted by molar-refractivity contribution is 5.65. The molecule has 3 rings (SSSR count). The number of aromatic nitrogens is 3. The Balaban J connectivity index is 1.91. The van der Waals surface area contributed by atoms with Crippen molar-refractivity contribution in [2.75, 3.05) is 0 Å². The molecule has 0 fully saturated rings. The van der Waals surface area contributed by atoms with Gasteiger partial charge in [-0.05, 0) is 37.6 Å². The molecule has 0 unspecified atom stereocenters. The molecule has 0 radical (unpaired) electrons. The third-order valence-corrected chi connectivity index (χ3v) is 3.21. The standard InChI is InChI=1S/C17H15N3/c1-12-3-6-14(7-4-12)15-8-10-16(18-11-15)17-9-5-13(2)19-20-17/h3-11H,1-2H3. The van der Waals surface area contributed by atoms with Crippen molar-refractivity contribution >= 4 is 0 Å². The molecule has 0 aliphatic heterocycles. The summed E-state index contributed by atoms with van der Waals surface area (Å²) in [6, 6.07) is 16.4. The first kappa shape index (κ1) is 12.5. The molecular formula is C17H15N3. The van der Waals surface area contributed by atoms with E-state index >= 15 is 0 Å². The van der Waals surface area contributed by atoms with E-state index in [4.69, 9.17) is 0 Å². The van der Waals surface area contributed by atoms with Crippen LogP contribution in [0.15, 0.2) is 54.7 Å². The molecule has 1 aromatic carbocycles. The maximum absolute atomic E-state index is 4.47. The summed E-state index contributed by atoms with van der Waals surface area (Å²) >= 11 is 0. The summed E-state index contributed by atoms with van der Waals surface area (Å²) in [5, 5.41) is 8.21. The minimum atomic E-state index is 0.797. The van der Waals surface area contributed by atoms with E-state index in [1.165, 1.54) is 11.1 Å². The van der Waals surface area contributed by atoms with E-state index in [0.717, 1.165) is 22.6 Å². The summed E-state index contributed by atoms with van der Waals surface area (Å²) in [5.41, 5.74) is 6.08. The van der Waals surface area contributed by atoms with E-state index in [9.17, 15) is 0 Å². The van der Waals surface area contributed by atoms with Crippen molar-refractivity contribution in [1.29, 1.82) is 0 Å². The van der Waals surface area contributed by atoms with E-state index in [0.29, 0.717) is 0 Å². The van der Waals surface area contributed by atoms with Crippen LogP contribution >= 0.6 is 0 Å². The van der Waals surface area contributed by atoms with Crippen molar-refractivity contribution < 1.29 is 0 Å². The van der Waals surface area contributed by atoms with E-state index < -0.39 is 0 Å². The quantitative estimate of drug-likeness (QED) is 0.704. The van der Waals surface area contributed by atoms with Crippen LogP contribution in [-0.4, -0.2) is 15.2 Å². The van der Waals surface area contributed by atoms with Gasteiger partial charge in [0.15, 0.2) is 0 Å². The fraction of sp³-hybridized carbons (Fsp3) is 0.118. The van der Waals surface area contributed by atoms with Gasteiger partial charge in [0.25, 0.3) is 0 Å². The van der Waals surface area contributed by atoms with Crippen LogP contribution in [0.2, 0.25) is 0 Å². The summed E-state index contributed by atoms with van der Waals surface area (Å²) < 4.78 is 0. The van der Waals surface area contributed by atoms with Crippen molar-refractivity contribution in [3.63, 3.8) is 0 Å². The minimum absolute atomic E-state index is 0.797. The van der Waals surface area contributed by atoms with Crippen LogP contribution in [0.25, 0.3) is 22.5 Å². The van der Waals surface area contributed by atoms with Crippen LogP contribution in [0.5, 0.6) is 0 Å². The molecule has 3 nitrogen and oxygen atoms in total. The lowest BCUT2D eigenvalue weighted by atomic mass is 10.1. The van der Waals surface area contributed by atoms with E-state index in [1.54, 1.807) is 0 Å². The topological polar surface area (TPSA) is 38.7 Å². The fourth-order valence-corrected chi connectivity index (χ4v) is 2.00. The molecule has 0 spiro atoms. The van der Waals surface area contributed by atoms with Gasteiger partial charge < -0.3 is 0 Å². The van der Waals surface area contributed by atoms with Gasteiger partial charge in [0, 0.05) is 11.8 Å². The number of hydrogen-bond acceptors (Lipinski definition) is 3. The third kappa shape index (κ3) is 2.57. The average Bonchev–Trinajstić information content (AvgIpc) is 2.49. The van der Waals surface area contributed by atoms with Crippen LogP contribution in [0.3, 0.4) is 0 Å². The second-order valence-electron chi connectivity index (χ2n) is 4.86. The highest BCUT2D eigenvalue weighted by Gasteiger charge is 2.03. The van der Waals surface area contributed by atoms with Crippen LogP contribution in [0.4, 0.5) is 0 Å². The normalized spacial score (nSPS) is 10.5. The Morgan fingerprint density at radius 3 is 1.95 bits per heavy atom. The van der Waals surface area contributed by atoms with E-state index in [1.807, 2.05) is 31.3 Å². The van der Waals surface area contributed by atoms with Gasteiger partial charge in [-0.1, -0.05) is 35.9 Å². The fourth-order valence-electron chi connectivity index (χ4n) is 2.00. The Morgan fingerprint density at radius 2 is 1.35 bits per heavy atom. The van der Waals surface area contributed by atoms with Gasteiger partial charge in [-0.2, -0.15) is 5.10 Å². The number of aryl methyl sites for hydroxylation is 2. The van der Waals surface area contributed by atoms with Gasteiger partial charge >= 0.3 is 0 Å². The van der Waals surface area contributed by atoms with Crippen molar-refractivity contribution in [2.45, 2.75) is 13.8 Å². The predicted molar refractivity (Wildman–Crippen MR) is 80.2 cm³/mol. The maximum atomic E-state index is 4.47. The van der Waals surface area contributed by atoms with Crippen molar-refractivity contribution in [1.82, 2.24) is 15.2 Å². The van der Waals surface area contributed by atoms with E-state index in [2.05, 4.69) is 52.4 Å². The second kappa shape index (κ2) is 5.21. The van der Waals surface area contributed by atoms with Gasteiger partial charge in [0.05, 0.1) is 11.4 Å². The zero-order valence-electron chi connectivity index (χ0n) is 11.5. The van der Waals surface area contributed by atoms with Crippen molar-refractivity contribution in [2.24, 2.45) is 0 Å². The number of pyridine rings is 1. The zero-order valence-corrected chi connectivity index (χ0v) is 11.5. The Morgan fingerprint density at radius 1 is 0.650 bits per heavy atom. The molecule has 98 valence electrons. The van der Waals surface area contributed by atoms with Gasteiger partial charge in [-0.15, -0.1) is 5.10 Å². The SMILES string of the molecule is Cc1ccc(-c2ccc(-c3ccc(C)nn3)nc2)cc1. The average molecular weight is 261 g/mol. The van der Waals surface area contributed by atoms with Crippen LogP contribution in [-0.2, 0) is 0 Å². The third-order valence-electron chi connectivity index (χ3n) is 3.21. The Bertz CT molecular complexity index is 634. The molecule has 0 aliphatic rings. The van der Waals surface area contributed by atoms with Crippen molar-refractivity contribution in [3.05, 3.63) is 66.0 Å². The number of rotatable bonds is 2. The molecular weight excluding hydrogens is 246 g/mol. The van der Waals surface area contributed by atoms with Gasteiger partial charge in [-0.25, -0.2) is 0 Å². The number of hydrogen-bond donors (Lipinski definition) is 0. The molecule has 3 aromatic rings. The highest BCUT2D eigenvalue weighted by Crippen LogP contribution is 2.21. The highest BCUT2D eigenvalue weighted by atomic mass is 15.1. The maximum Gasteiger partial charge on any atom is 0.111 e. The number of nitrogens with zero attached hydrogens (tertiary/aromatic N) is 3. The molecule has 0 aliphatic carbocycles. The molecule has 0 bridgehead atoms. The molecule has 3 heteroatoms. The van der Waals surface area contributed by atoms with Crippen molar-refractivity contribution in [3.8, 4) is 22.5 Å². The first-order valence-corrected chi connectivity index (χ1v) is 6.56. The van der Waals surface area contributed by atoms with Gasteiger partial charge in [0.1, 0.15) is 5.69 Å². The second-order valence-corrected chi connectivity index (χ2v) is 4.86. The summed E-state index contributed by atoms with van der Waals surface area (Å²) in [6.07, 6.45) is 1.88. The smallest absolute Gasteiger partial charge is 0.111 e. The first-order valence-electron chi connectivity index (χ1n) is 6.56. The lowest BCUT2D eigenvalue weighted by Crippen LogP contribution is -1.92. The summed E-state index contributed by atoms with van der Waals surface area (Å²) in [4.78, 5) is 4.47. The molecule has 0 saturated heterocycles. The van der Waals surface area contributed by atoms with Gasteiger partial charge in [-0.3, -0.25) is 4.98 Å². The summed E-state index contributed by atoms with van der Waals surface area (Å²) in [6.45, 7) is 4.01. The molecule has 2 heterocycles. The molecule has 0 N–H and O–H groups in total. The Labute approximate surface area is 118 Å². The molecule has 0 atom stereocenters. The van der Waals surface area contributed by atoms with Crippen LogP contribution in [0, 0.1) is 13.8 Å². The van der Waals surface area contributed by atoms with Crippen LogP contribution in [0.1, 0.15) is 11.3 Å². The minimum Gasteiger partial charge on any atom is -0.254 e. The molecule has 0 saturated carbocycles.